The second-order valence-electron chi connectivity index (χ2n) is 4.71. The molecule has 0 saturated carbocycles. The first-order valence-electron chi connectivity index (χ1n) is 6.65. The quantitative estimate of drug-likeness (QED) is 0.807. The second-order valence-corrected chi connectivity index (χ2v) is 4.71. The van der Waals surface area contributed by atoms with E-state index >= 15 is 0 Å². The highest BCUT2D eigenvalue weighted by molar-refractivity contribution is 5.77. The molecule has 0 aromatic heterocycles. The lowest BCUT2D eigenvalue weighted by Crippen LogP contribution is -2.29. The first-order valence-corrected chi connectivity index (χ1v) is 6.65. The van der Waals surface area contributed by atoms with Gasteiger partial charge in [-0.15, -0.1) is 0 Å². The van der Waals surface area contributed by atoms with Crippen LogP contribution in [0.1, 0.15) is 11.1 Å². The van der Waals surface area contributed by atoms with Crippen molar-refractivity contribution in [2.75, 3.05) is 13.7 Å². The van der Waals surface area contributed by atoms with E-state index in [-0.39, 0.29) is 12.5 Å². The third-order valence-electron chi connectivity index (χ3n) is 3.03. The molecule has 0 saturated heterocycles. The largest absolute Gasteiger partial charge is 0.367 e. The number of hydrogen-bond donors (Lipinski definition) is 0. The highest BCUT2D eigenvalue weighted by Crippen LogP contribution is 2.04. The standard InChI is InChI=1S/C17H19NO2/c1-18(12-15-8-4-2-5-9-15)17(19)14-20-13-16-10-6-3-7-11-16/h2-11H,12-14H2,1H3. The molecule has 0 fully saturated rings. The number of nitrogens with zero attached hydrogens (tertiary/aromatic N) is 1. The first kappa shape index (κ1) is 14.3. The summed E-state index contributed by atoms with van der Waals surface area (Å²) in [5, 5.41) is 0. The summed E-state index contributed by atoms with van der Waals surface area (Å²) in [7, 11) is 1.79. The summed E-state index contributed by atoms with van der Waals surface area (Å²) < 4.78 is 5.45. The van der Waals surface area contributed by atoms with Crippen LogP contribution in [0, 0.1) is 0 Å². The third-order valence-corrected chi connectivity index (χ3v) is 3.03. The van der Waals surface area contributed by atoms with Gasteiger partial charge in [0.1, 0.15) is 6.61 Å². The van der Waals surface area contributed by atoms with Crippen LogP contribution in [0.15, 0.2) is 60.7 Å². The van der Waals surface area contributed by atoms with Crippen molar-refractivity contribution in [3.05, 3.63) is 71.8 Å². The van der Waals surface area contributed by atoms with Gasteiger partial charge in [-0.05, 0) is 11.1 Å². The molecule has 0 atom stereocenters. The van der Waals surface area contributed by atoms with E-state index in [2.05, 4.69) is 0 Å². The number of rotatable bonds is 6. The highest BCUT2D eigenvalue weighted by atomic mass is 16.5. The lowest BCUT2D eigenvalue weighted by molar-refractivity contribution is -0.135. The molecule has 0 radical (unpaired) electrons. The molecule has 0 bridgehead atoms. The minimum Gasteiger partial charge on any atom is -0.367 e. The molecule has 2 aromatic carbocycles. The van der Waals surface area contributed by atoms with Gasteiger partial charge in [0.25, 0.3) is 0 Å². The molecule has 104 valence electrons. The number of benzene rings is 2. The van der Waals surface area contributed by atoms with E-state index in [0.29, 0.717) is 13.2 Å². The van der Waals surface area contributed by atoms with Gasteiger partial charge in [-0.25, -0.2) is 0 Å². The van der Waals surface area contributed by atoms with Gasteiger partial charge in [-0.2, -0.15) is 0 Å². The fourth-order valence-electron chi connectivity index (χ4n) is 1.89. The van der Waals surface area contributed by atoms with Gasteiger partial charge in [-0.3, -0.25) is 4.79 Å². The lowest BCUT2D eigenvalue weighted by Gasteiger charge is -2.17. The molecule has 0 aliphatic heterocycles. The van der Waals surface area contributed by atoms with Crippen LogP contribution in [0.4, 0.5) is 0 Å². The predicted octanol–water partition coefficient (Wildman–Crippen LogP) is 2.86. The Morgan fingerprint density at radius 3 is 2.10 bits per heavy atom. The van der Waals surface area contributed by atoms with E-state index in [4.69, 9.17) is 4.74 Å². The molecule has 0 aliphatic carbocycles. The van der Waals surface area contributed by atoms with Crippen molar-refractivity contribution in [2.45, 2.75) is 13.2 Å². The molecule has 0 heterocycles. The monoisotopic (exact) mass is 269 g/mol. The van der Waals surface area contributed by atoms with E-state index in [0.717, 1.165) is 11.1 Å². The van der Waals surface area contributed by atoms with Crippen molar-refractivity contribution in [2.24, 2.45) is 0 Å². The van der Waals surface area contributed by atoms with Gasteiger partial charge in [0.2, 0.25) is 5.91 Å². The summed E-state index contributed by atoms with van der Waals surface area (Å²) >= 11 is 0. The smallest absolute Gasteiger partial charge is 0.248 e. The summed E-state index contributed by atoms with van der Waals surface area (Å²) in [5.41, 5.74) is 2.19. The van der Waals surface area contributed by atoms with E-state index in [1.165, 1.54) is 0 Å². The fraction of sp³-hybridized carbons (Fsp3) is 0.235. The second kappa shape index (κ2) is 7.46. The summed E-state index contributed by atoms with van der Waals surface area (Å²) in [5.74, 6) is -0.00946. The zero-order chi connectivity index (χ0) is 14.2. The van der Waals surface area contributed by atoms with Crippen LogP contribution < -0.4 is 0 Å². The number of carbonyl (C=O) groups excluding carboxylic acids is 1. The van der Waals surface area contributed by atoms with Crippen molar-refractivity contribution in [1.29, 1.82) is 0 Å². The van der Waals surface area contributed by atoms with E-state index in [1.54, 1.807) is 11.9 Å². The average Bonchev–Trinajstić information content (AvgIpc) is 2.49. The van der Waals surface area contributed by atoms with Gasteiger partial charge < -0.3 is 9.64 Å². The molecular formula is C17H19NO2. The van der Waals surface area contributed by atoms with Crippen molar-refractivity contribution in [1.82, 2.24) is 4.90 Å². The summed E-state index contributed by atoms with van der Waals surface area (Å²) in [4.78, 5) is 13.6. The van der Waals surface area contributed by atoms with Crippen molar-refractivity contribution < 1.29 is 9.53 Å². The van der Waals surface area contributed by atoms with Gasteiger partial charge in [0, 0.05) is 13.6 Å². The maximum absolute atomic E-state index is 11.9. The molecule has 3 nitrogen and oxygen atoms in total. The number of likely N-dealkylation sites (N-methyl/N-ethyl adjacent to an activating group) is 1. The Hall–Kier alpha value is -2.13. The van der Waals surface area contributed by atoms with Crippen LogP contribution >= 0.6 is 0 Å². The fourth-order valence-corrected chi connectivity index (χ4v) is 1.89. The molecule has 20 heavy (non-hydrogen) atoms. The minimum absolute atomic E-state index is 0.00946. The van der Waals surface area contributed by atoms with Crippen LogP contribution in [-0.4, -0.2) is 24.5 Å². The van der Waals surface area contributed by atoms with Gasteiger partial charge in [-0.1, -0.05) is 60.7 Å². The molecule has 3 heteroatoms. The normalized spacial score (nSPS) is 10.2. The van der Waals surface area contributed by atoms with Gasteiger partial charge in [0.05, 0.1) is 6.61 Å². The Labute approximate surface area is 119 Å². The number of hydrogen-bond acceptors (Lipinski definition) is 2. The summed E-state index contributed by atoms with van der Waals surface area (Å²) in [6, 6.07) is 19.8. The zero-order valence-electron chi connectivity index (χ0n) is 11.7. The van der Waals surface area contributed by atoms with Crippen molar-refractivity contribution in [3.63, 3.8) is 0 Å². The van der Waals surface area contributed by atoms with Gasteiger partial charge >= 0.3 is 0 Å². The van der Waals surface area contributed by atoms with Crippen LogP contribution in [0.25, 0.3) is 0 Å². The Morgan fingerprint density at radius 1 is 0.950 bits per heavy atom. The number of carbonyl (C=O) groups is 1. The molecule has 2 aromatic rings. The molecule has 0 aliphatic rings. The maximum Gasteiger partial charge on any atom is 0.248 e. The third kappa shape index (κ3) is 4.52. The van der Waals surface area contributed by atoms with Crippen molar-refractivity contribution in [3.8, 4) is 0 Å². The number of ether oxygens (including phenoxy) is 1. The Bertz CT molecular complexity index is 525. The van der Waals surface area contributed by atoms with Crippen LogP contribution in [0.5, 0.6) is 0 Å². The van der Waals surface area contributed by atoms with Gasteiger partial charge in [0.15, 0.2) is 0 Å². The summed E-state index contributed by atoms with van der Waals surface area (Å²) in [6.45, 7) is 1.18. The predicted molar refractivity (Wildman–Crippen MR) is 79.0 cm³/mol. The molecule has 0 spiro atoms. The Balaban J connectivity index is 1.74. The van der Waals surface area contributed by atoms with Crippen LogP contribution in [0.2, 0.25) is 0 Å². The maximum atomic E-state index is 11.9. The SMILES string of the molecule is CN(Cc1ccccc1)C(=O)COCc1ccccc1. The first-order chi connectivity index (χ1) is 9.75. The van der Waals surface area contributed by atoms with Crippen LogP contribution in [0.3, 0.4) is 0 Å². The van der Waals surface area contributed by atoms with Crippen molar-refractivity contribution >= 4 is 5.91 Å². The Morgan fingerprint density at radius 2 is 1.50 bits per heavy atom. The molecule has 0 N–H and O–H groups in total. The molecular weight excluding hydrogens is 250 g/mol. The zero-order valence-corrected chi connectivity index (χ0v) is 11.7. The van der Waals surface area contributed by atoms with Crippen LogP contribution in [-0.2, 0) is 22.7 Å². The average molecular weight is 269 g/mol. The molecule has 1 amide bonds. The van der Waals surface area contributed by atoms with E-state index < -0.39 is 0 Å². The molecule has 2 rings (SSSR count). The Kier molecular flexibility index (Phi) is 5.33. The summed E-state index contributed by atoms with van der Waals surface area (Å²) in [6.07, 6.45) is 0. The number of amides is 1. The van der Waals surface area contributed by atoms with E-state index in [9.17, 15) is 4.79 Å². The highest BCUT2D eigenvalue weighted by Gasteiger charge is 2.09. The van der Waals surface area contributed by atoms with E-state index in [1.807, 2.05) is 60.7 Å². The topological polar surface area (TPSA) is 29.5 Å². The minimum atomic E-state index is -0.00946. The lowest BCUT2D eigenvalue weighted by atomic mass is 10.2. The molecule has 0 unspecified atom stereocenters.